The molecule has 0 bridgehead atoms. The summed E-state index contributed by atoms with van der Waals surface area (Å²) in [5.41, 5.74) is 24.0. The molecule has 1 amide bonds. The van der Waals surface area contributed by atoms with Gasteiger partial charge in [0.05, 0.1) is 5.60 Å². The van der Waals surface area contributed by atoms with Crippen LogP contribution in [0.5, 0.6) is 0 Å². The number of piperidine rings is 1. The highest BCUT2D eigenvalue weighted by molar-refractivity contribution is 5.73. The summed E-state index contributed by atoms with van der Waals surface area (Å²) in [5, 5.41) is 8.06. The number of hydrogen-bond acceptors (Lipinski definition) is 21. The van der Waals surface area contributed by atoms with Gasteiger partial charge in [0.25, 0.3) is 0 Å². The molecule has 0 aliphatic carbocycles. The smallest absolute Gasteiger partial charge is 0.219 e. The molecular weight excluding hydrogens is 1150 g/mol. The minimum absolute atomic E-state index is 0. The van der Waals surface area contributed by atoms with Crippen molar-refractivity contribution in [2.75, 3.05) is 54.9 Å². The van der Waals surface area contributed by atoms with Crippen molar-refractivity contribution in [3.05, 3.63) is 61.2 Å². The van der Waals surface area contributed by atoms with E-state index in [2.05, 4.69) is 156 Å². The van der Waals surface area contributed by atoms with E-state index in [4.69, 9.17) is 53.0 Å². The number of aliphatic hydroxyl groups is 1. The lowest BCUT2D eigenvalue weighted by Crippen LogP contribution is -2.33. The first-order valence-corrected chi connectivity index (χ1v) is 28.9. The number of aryl methyl sites for hydroxylation is 1. The van der Waals surface area contributed by atoms with Crippen LogP contribution >= 0.6 is 0 Å². The Morgan fingerprint density at radius 3 is 0.711 bits per heavy atom. The summed E-state index contributed by atoms with van der Waals surface area (Å²) in [6.07, 6.45) is 12.6. The molecule has 0 unspecified atom stereocenters. The van der Waals surface area contributed by atoms with E-state index < -0.39 is 0 Å². The molecule has 1 aromatic carbocycles. The average Bonchev–Trinajstić information content (AvgIpc) is 3.60. The summed E-state index contributed by atoms with van der Waals surface area (Å²) in [5.74, 6) is 2.88. The third kappa shape index (κ3) is 718. The van der Waals surface area contributed by atoms with Gasteiger partial charge in [-0.3, -0.25) is 4.79 Å². The molecule has 23 N–H and O–H groups in total. The van der Waals surface area contributed by atoms with Gasteiger partial charge in [-0.05, 0) is 140 Å². The lowest BCUT2D eigenvalue weighted by Gasteiger charge is -2.24. The molecule has 0 saturated carbocycles. The second kappa shape index (κ2) is 363. The first kappa shape index (κ1) is 198. The van der Waals surface area contributed by atoms with Gasteiger partial charge in [0, 0.05) is 32.7 Å². The fourth-order valence-electron chi connectivity index (χ4n) is 2.36. The van der Waals surface area contributed by atoms with E-state index in [9.17, 15) is 4.79 Å². The molecule has 22 nitrogen and oxygen atoms in total. The van der Waals surface area contributed by atoms with Gasteiger partial charge in [0.2, 0.25) is 5.91 Å². The molecule has 0 atom stereocenters. The number of benzene rings is 1. The van der Waals surface area contributed by atoms with Crippen molar-refractivity contribution < 1.29 is 57.8 Å². The topological polar surface area (TPSA) is 473 Å². The van der Waals surface area contributed by atoms with Crippen molar-refractivity contribution >= 4 is 67.0 Å². The molecule has 90 heavy (non-hydrogen) atoms. The monoisotopic (exact) mass is 1330 g/mol. The highest BCUT2D eigenvalue weighted by Crippen LogP contribution is 2.08. The predicted molar refractivity (Wildman–Crippen MR) is 415 cm³/mol. The van der Waals surface area contributed by atoms with Crippen LogP contribution in [0.4, 0.5) is 0 Å². The second-order valence-corrected chi connectivity index (χ2v) is 14.1. The van der Waals surface area contributed by atoms with Crippen LogP contribution in [-0.4, -0.2) is 144 Å². The molecule has 1 fully saturated rings. The van der Waals surface area contributed by atoms with Crippen molar-refractivity contribution in [3.8, 4) is 0 Å². The maximum Gasteiger partial charge on any atom is 0.219 e. The molecule has 22 heteroatoms. The number of hydrogen-bond donors (Lipinski definition) is 10. The van der Waals surface area contributed by atoms with Crippen LogP contribution in [0, 0.1) is 17.8 Å². The number of likely N-dealkylation sites (tertiary alicyclic amines) is 1. The molecule has 0 aromatic heterocycles. The Labute approximate surface area is 565 Å². The van der Waals surface area contributed by atoms with Crippen LogP contribution in [0.15, 0.2) is 55.6 Å². The lowest BCUT2D eigenvalue weighted by molar-refractivity contribution is -0.129. The van der Waals surface area contributed by atoms with Crippen LogP contribution < -0.4 is 53.3 Å². The van der Waals surface area contributed by atoms with Crippen LogP contribution in [0.1, 0.15) is 238 Å². The Morgan fingerprint density at radius 2 is 0.644 bits per heavy atom. The predicted octanol–water partition coefficient (Wildman–Crippen LogP) is 15.6. The molecule has 1 saturated heterocycles. The van der Waals surface area contributed by atoms with Gasteiger partial charge in [-0.1, -0.05) is 194 Å². The molecule has 0 spiro atoms. The number of carbonyl (C=O) groups excluding carboxylic acids is 10. The van der Waals surface area contributed by atoms with Gasteiger partial charge in [0.15, 0.2) is 0 Å². The normalized spacial score (nSPS) is 7.20. The Balaban J connectivity index is -0.0000000152. The van der Waals surface area contributed by atoms with E-state index in [1.54, 1.807) is 20.8 Å². The third-order valence-corrected chi connectivity index (χ3v) is 6.41. The molecular formula is C68H176N10O12. The third-order valence-electron chi connectivity index (χ3n) is 6.41. The van der Waals surface area contributed by atoms with Gasteiger partial charge < -0.3 is 111 Å². The summed E-state index contributed by atoms with van der Waals surface area (Å²) < 4.78 is 5.23. The summed E-state index contributed by atoms with van der Waals surface area (Å²) in [7, 11) is 7.50. The quantitative estimate of drug-likeness (QED) is 0.122. The summed E-state index contributed by atoms with van der Waals surface area (Å²) >= 11 is 0. The van der Waals surface area contributed by atoms with E-state index in [0.29, 0.717) is 0 Å². The van der Waals surface area contributed by atoms with Gasteiger partial charge >= 0.3 is 0 Å². The zero-order chi connectivity index (χ0) is 76.3. The minimum Gasteiger partial charge on any atom is -0.394 e. The SMILES string of the molecule is C.C/C=C\C.C=C.C=O.C=O.C=O.C=O.C=O.C=O.C=O.C=O.C=O.CC.CC.CC.CC.CC(=O)N1CCCCC1.CC(C)O.CCC(C)C.CCC(C)C.CCC(C)C.CCOC(C)(C)C.CCc1ccccc1.CN.CN.CN.CN.CN.N.N.N.N. The Morgan fingerprint density at radius 1 is 0.478 bits per heavy atom. The van der Waals surface area contributed by atoms with Crippen LogP contribution in [0.3, 0.4) is 0 Å². The Hall–Kier alpha value is -5.24. The van der Waals surface area contributed by atoms with E-state index in [-0.39, 0.29) is 49.6 Å². The molecule has 570 valence electrons. The lowest BCUT2D eigenvalue weighted by atomic mass is 10.1. The van der Waals surface area contributed by atoms with E-state index in [0.717, 1.165) is 43.9 Å². The highest BCUT2D eigenvalue weighted by Gasteiger charge is 2.11. The van der Waals surface area contributed by atoms with E-state index in [1.807, 2.05) is 160 Å². The molecule has 1 heterocycles. The molecule has 1 aromatic rings. The number of nitrogens with two attached hydrogens (primary N) is 5. The van der Waals surface area contributed by atoms with E-state index >= 15 is 0 Å². The molecule has 1 aliphatic heterocycles. The fourth-order valence-corrected chi connectivity index (χ4v) is 2.36. The summed E-state index contributed by atoms with van der Waals surface area (Å²) in [6, 6.07) is 10.5. The van der Waals surface area contributed by atoms with Crippen molar-refractivity contribution in [2.24, 2.45) is 46.4 Å². The van der Waals surface area contributed by atoms with Gasteiger partial charge in [-0.2, -0.15) is 0 Å². The van der Waals surface area contributed by atoms with Crippen molar-refractivity contribution in [2.45, 2.75) is 251 Å². The number of nitrogens with zero attached hydrogens (tertiary/aromatic N) is 1. The Kier molecular flexibility index (Phi) is 800. The van der Waals surface area contributed by atoms with Crippen LogP contribution in [0.25, 0.3) is 0 Å². The largest absolute Gasteiger partial charge is 0.394 e. The van der Waals surface area contributed by atoms with Crippen molar-refractivity contribution in [1.82, 2.24) is 29.5 Å². The number of ether oxygens (including phenoxy) is 1. The van der Waals surface area contributed by atoms with E-state index in [1.165, 1.54) is 79.3 Å². The maximum atomic E-state index is 10.7. The van der Waals surface area contributed by atoms with Crippen LogP contribution in [0.2, 0.25) is 0 Å². The number of amides is 1. The number of carbonyl (C=O) groups is 10. The average molecular weight is 1330 g/mol. The van der Waals surface area contributed by atoms with Gasteiger partial charge in [-0.15, -0.1) is 13.2 Å². The van der Waals surface area contributed by atoms with Crippen molar-refractivity contribution in [1.29, 1.82) is 0 Å². The standard InChI is InChI=1S/C8H10.C7H13NO.C6H14O.3C5H12.C4H8.C3H8O.4C2H6.C2H4.5CH5N.9CH2O.CH4.4H3N/c1-2-8-6-4-3-5-7-8;1-7(9)8-5-3-2-4-6-8;1-5-7-6(2,3)4;3*1-4-5(2)3;1-3-4-2;1-3(2)4;19*1-2;;;;;/h3-7H,2H2,1H3;2-6H2,1H3;5H2,1-4H3;3*5H,4H2,1-3H3;2*3-4H,1-2H3;4*1-2H3;1-2H2;5*2H2,1H3;9*1H2;1H4;4*1H3/b;;;;;;4-3-;;;;;;;;;;;;;;;;;;;;;;;;;. The van der Waals surface area contributed by atoms with Crippen molar-refractivity contribution in [3.63, 3.8) is 0 Å². The van der Waals surface area contributed by atoms with Gasteiger partial charge in [0.1, 0.15) is 61.1 Å². The first-order valence-electron chi connectivity index (χ1n) is 28.9. The zero-order valence-corrected chi connectivity index (χ0v) is 65.8. The highest BCUT2D eigenvalue weighted by atomic mass is 16.5. The molecule has 0 radical (unpaired) electrons. The zero-order valence-electron chi connectivity index (χ0n) is 65.8. The maximum absolute atomic E-state index is 10.7. The minimum atomic E-state index is -0.167. The summed E-state index contributed by atoms with van der Waals surface area (Å²) in [6.45, 7) is 82.1. The number of rotatable bonds is 5. The number of aliphatic hydroxyl groups excluding tert-OH is 1. The molecule has 1 aliphatic rings. The van der Waals surface area contributed by atoms with Gasteiger partial charge in [-0.25, -0.2) is 0 Å². The first-order chi connectivity index (χ1) is 40.8. The summed E-state index contributed by atoms with van der Waals surface area (Å²) in [4.78, 5) is 84.6. The molecule has 2 rings (SSSR count). The number of allylic oxidation sites excluding steroid dienone is 2. The Bertz CT molecular complexity index is 860. The van der Waals surface area contributed by atoms with Crippen LogP contribution in [-0.2, 0) is 59.1 Å². The fraction of sp³-hybridized carbons (Fsp3) is 0.706. The second-order valence-electron chi connectivity index (χ2n) is 14.1.